The summed E-state index contributed by atoms with van der Waals surface area (Å²) in [6.07, 6.45) is 3.03. The van der Waals surface area contributed by atoms with Crippen molar-refractivity contribution in [1.82, 2.24) is 14.5 Å². The molecule has 0 aliphatic rings. The molecule has 0 radical (unpaired) electrons. The Bertz CT molecular complexity index is 415. The van der Waals surface area contributed by atoms with E-state index in [1.165, 1.54) is 4.90 Å². The highest BCUT2D eigenvalue weighted by molar-refractivity contribution is 5.85. The molecule has 1 aromatic heterocycles. The Hall–Kier alpha value is -1.89. The molecule has 94 valence electrons. The van der Waals surface area contributed by atoms with Crippen LogP contribution >= 0.6 is 0 Å². The minimum absolute atomic E-state index is 0.301. The van der Waals surface area contributed by atoms with E-state index < -0.39 is 17.9 Å². The van der Waals surface area contributed by atoms with Gasteiger partial charge in [-0.3, -0.25) is 9.59 Å². The normalized spacial score (nSPS) is 12.2. The van der Waals surface area contributed by atoms with Crippen LogP contribution in [0.1, 0.15) is 12.2 Å². The SMILES string of the molecule is CN(Cc1nccn1C)C(=O)C(N)CC(=O)O. The number of aryl methyl sites for hydroxylation is 1. The van der Waals surface area contributed by atoms with Gasteiger partial charge in [-0.1, -0.05) is 0 Å². The Labute approximate surface area is 98.8 Å². The van der Waals surface area contributed by atoms with Crippen LogP contribution in [0, 0.1) is 0 Å². The Morgan fingerprint density at radius 3 is 2.76 bits per heavy atom. The number of hydrogen-bond donors (Lipinski definition) is 2. The summed E-state index contributed by atoms with van der Waals surface area (Å²) in [5.41, 5.74) is 5.49. The predicted octanol–water partition coefficient (Wildman–Crippen LogP) is -0.819. The van der Waals surface area contributed by atoms with Crippen LogP contribution in [0.25, 0.3) is 0 Å². The maximum atomic E-state index is 11.7. The molecule has 0 aliphatic carbocycles. The molecule has 1 rings (SSSR count). The smallest absolute Gasteiger partial charge is 0.305 e. The van der Waals surface area contributed by atoms with E-state index in [0.29, 0.717) is 12.4 Å². The van der Waals surface area contributed by atoms with Gasteiger partial charge in [-0.15, -0.1) is 0 Å². The van der Waals surface area contributed by atoms with E-state index in [1.54, 1.807) is 24.0 Å². The lowest BCUT2D eigenvalue weighted by Gasteiger charge is -2.20. The minimum atomic E-state index is -1.09. The highest BCUT2D eigenvalue weighted by Crippen LogP contribution is 2.02. The first-order valence-electron chi connectivity index (χ1n) is 5.10. The van der Waals surface area contributed by atoms with Crippen molar-refractivity contribution in [3.8, 4) is 0 Å². The van der Waals surface area contributed by atoms with Gasteiger partial charge >= 0.3 is 5.97 Å². The number of hydrogen-bond acceptors (Lipinski definition) is 4. The first-order chi connectivity index (χ1) is 7.91. The van der Waals surface area contributed by atoms with E-state index in [-0.39, 0.29) is 6.42 Å². The fraction of sp³-hybridized carbons (Fsp3) is 0.500. The molecule has 17 heavy (non-hydrogen) atoms. The molecule has 0 fully saturated rings. The van der Waals surface area contributed by atoms with Crippen LogP contribution in [0.3, 0.4) is 0 Å². The molecule has 1 heterocycles. The van der Waals surface area contributed by atoms with Crippen molar-refractivity contribution in [1.29, 1.82) is 0 Å². The van der Waals surface area contributed by atoms with Gasteiger partial charge in [0.05, 0.1) is 19.0 Å². The fourth-order valence-electron chi connectivity index (χ4n) is 1.40. The predicted molar refractivity (Wildman–Crippen MR) is 59.9 cm³/mol. The lowest BCUT2D eigenvalue weighted by atomic mass is 10.2. The van der Waals surface area contributed by atoms with Gasteiger partial charge in [0.2, 0.25) is 5.91 Å². The summed E-state index contributed by atoms with van der Waals surface area (Å²) in [5, 5.41) is 8.55. The average Bonchev–Trinajstić information content (AvgIpc) is 2.62. The molecule has 7 heteroatoms. The molecular formula is C10H16N4O3. The summed E-state index contributed by atoms with van der Waals surface area (Å²) >= 11 is 0. The van der Waals surface area contributed by atoms with Crippen LogP contribution in [0.2, 0.25) is 0 Å². The van der Waals surface area contributed by atoms with Crippen LogP contribution in [0.5, 0.6) is 0 Å². The number of carboxylic acids is 1. The van der Waals surface area contributed by atoms with E-state index in [4.69, 9.17) is 10.8 Å². The number of carboxylic acid groups (broad SMARTS) is 1. The molecule has 0 aliphatic heterocycles. The number of carbonyl (C=O) groups is 2. The average molecular weight is 240 g/mol. The molecule has 0 saturated heterocycles. The van der Waals surface area contributed by atoms with Gasteiger partial charge in [0.25, 0.3) is 0 Å². The highest BCUT2D eigenvalue weighted by atomic mass is 16.4. The molecule has 1 aromatic rings. The second-order valence-electron chi connectivity index (χ2n) is 3.85. The summed E-state index contributed by atoms with van der Waals surface area (Å²) in [6, 6.07) is -1.02. The quantitative estimate of drug-likeness (QED) is 0.700. The molecule has 0 aromatic carbocycles. The van der Waals surface area contributed by atoms with Crippen molar-refractivity contribution in [2.24, 2.45) is 12.8 Å². The lowest BCUT2D eigenvalue weighted by Crippen LogP contribution is -2.42. The second-order valence-corrected chi connectivity index (χ2v) is 3.85. The summed E-state index contributed by atoms with van der Waals surface area (Å²) in [4.78, 5) is 27.6. The number of nitrogens with zero attached hydrogens (tertiary/aromatic N) is 3. The first kappa shape index (κ1) is 13.2. The van der Waals surface area contributed by atoms with Gasteiger partial charge in [0, 0.05) is 26.5 Å². The van der Waals surface area contributed by atoms with Crippen molar-refractivity contribution >= 4 is 11.9 Å². The van der Waals surface area contributed by atoms with Crippen molar-refractivity contribution in [2.75, 3.05) is 7.05 Å². The van der Waals surface area contributed by atoms with Crippen LogP contribution in [0.4, 0.5) is 0 Å². The van der Waals surface area contributed by atoms with Crippen LogP contribution in [-0.4, -0.2) is 44.5 Å². The van der Waals surface area contributed by atoms with Gasteiger partial charge in [0.15, 0.2) is 0 Å². The summed E-state index contributed by atoms with van der Waals surface area (Å²) in [7, 11) is 3.39. The Morgan fingerprint density at radius 1 is 1.65 bits per heavy atom. The zero-order valence-corrected chi connectivity index (χ0v) is 9.83. The zero-order chi connectivity index (χ0) is 13.0. The number of nitrogens with two attached hydrogens (primary N) is 1. The highest BCUT2D eigenvalue weighted by Gasteiger charge is 2.21. The molecule has 0 spiro atoms. The number of rotatable bonds is 5. The second kappa shape index (κ2) is 5.44. The van der Waals surface area contributed by atoms with Gasteiger partial charge in [-0.05, 0) is 0 Å². The maximum Gasteiger partial charge on any atom is 0.305 e. The monoisotopic (exact) mass is 240 g/mol. The topological polar surface area (TPSA) is 101 Å². The Balaban J connectivity index is 2.58. The third-order valence-corrected chi connectivity index (χ3v) is 2.39. The van der Waals surface area contributed by atoms with Gasteiger partial charge in [-0.25, -0.2) is 4.98 Å². The number of imidazole rings is 1. The number of carbonyl (C=O) groups excluding carboxylic acids is 1. The van der Waals surface area contributed by atoms with E-state index in [9.17, 15) is 9.59 Å². The molecule has 7 nitrogen and oxygen atoms in total. The lowest BCUT2D eigenvalue weighted by molar-refractivity contribution is -0.141. The standard InChI is InChI=1S/C10H16N4O3/c1-13-4-3-12-8(13)6-14(2)10(17)7(11)5-9(15)16/h3-4,7H,5-6,11H2,1-2H3,(H,15,16). The Morgan fingerprint density at radius 2 is 2.29 bits per heavy atom. The summed E-state index contributed by atoms with van der Waals surface area (Å²) < 4.78 is 1.78. The van der Waals surface area contributed by atoms with Crippen LogP contribution in [0.15, 0.2) is 12.4 Å². The molecule has 0 bridgehead atoms. The molecule has 0 saturated carbocycles. The molecule has 3 N–H and O–H groups in total. The largest absolute Gasteiger partial charge is 0.481 e. The van der Waals surface area contributed by atoms with Crippen molar-refractivity contribution in [2.45, 2.75) is 19.0 Å². The van der Waals surface area contributed by atoms with E-state index >= 15 is 0 Å². The third kappa shape index (κ3) is 3.56. The summed E-state index contributed by atoms with van der Waals surface area (Å²) in [6.45, 7) is 0.301. The van der Waals surface area contributed by atoms with E-state index in [2.05, 4.69) is 4.98 Å². The van der Waals surface area contributed by atoms with Gasteiger partial charge < -0.3 is 20.3 Å². The van der Waals surface area contributed by atoms with Gasteiger partial charge in [-0.2, -0.15) is 0 Å². The van der Waals surface area contributed by atoms with Crippen LogP contribution < -0.4 is 5.73 Å². The fourth-order valence-corrected chi connectivity index (χ4v) is 1.40. The molecular weight excluding hydrogens is 224 g/mol. The molecule has 1 unspecified atom stereocenters. The van der Waals surface area contributed by atoms with Crippen LogP contribution in [-0.2, 0) is 23.2 Å². The zero-order valence-electron chi connectivity index (χ0n) is 9.83. The molecule has 1 amide bonds. The minimum Gasteiger partial charge on any atom is -0.481 e. The first-order valence-corrected chi connectivity index (χ1v) is 5.10. The number of aromatic nitrogens is 2. The van der Waals surface area contributed by atoms with E-state index in [1.807, 2.05) is 7.05 Å². The number of amides is 1. The van der Waals surface area contributed by atoms with Crippen molar-refractivity contribution in [3.05, 3.63) is 18.2 Å². The van der Waals surface area contributed by atoms with Gasteiger partial charge in [0.1, 0.15) is 5.82 Å². The van der Waals surface area contributed by atoms with Crippen molar-refractivity contribution < 1.29 is 14.7 Å². The van der Waals surface area contributed by atoms with E-state index in [0.717, 1.165) is 0 Å². The molecule has 1 atom stereocenters. The Kier molecular flexibility index (Phi) is 4.22. The van der Waals surface area contributed by atoms with Crippen molar-refractivity contribution in [3.63, 3.8) is 0 Å². The third-order valence-electron chi connectivity index (χ3n) is 2.39. The maximum absolute atomic E-state index is 11.7. The number of aliphatic carboxylic acids is 1. The summed E-state index contributed by atoms with van der Waals surface area (Å²) in [5.74, 6) is -0.782. The number of likely N-dealkylation sites (N-methyl/N-ethyl adjacent to an activating group) is 1.